The minimum atomic E-state index is -0.797. The first kappa shape index (κ1) is 60.3. The van der Waals surface area contributed by atoms with Gasteiger partial charge in [0.1, 0.15) is 13.2 Å². The molecular weight excluding hydrogens is 793 g/mol. The molecule has 6 nitrogen and oxygen atoms in total. The molecule has 0 spiro atoms. The average molecular weight is 889 g/mol. The van der Waals surface area contributed by atoms with Crippen LogP contribution in [0.15, 0.2) is 97.2 Å². The van der Waals surface area contributed by atoms with Gasteiger partial charge in [-0.2, -0.15) is 0 Å². The van der Waals surface area contributed by atoms with Gasteiger partial charge in [-0.15, -0.1) is 0 Å². The standard InChI is InChI=1S/C58H96O6/c1-4-7-10-13-16-19-22-25-28-29-31-33-36-39-42-45-48-51-57(60)63-54-55(53-62-56(59)50-47-44-41-38-35-32-27-24-21-18-15-12-9-6-3)64-58(61)52-49-46-43-40-37-34-30-26-23-20-17-14-11-8-5-2/h7-8,10-11,15-20,24-28,30,55H,4-6,9,12-14,21-23,29,31-54H2,1-3H3/b10-7-,11-8-,18-15-,19-16-,20-17-,27-24-,28-25-,30-26-. The molecule has 0 aliphatic heterocycles. The zero-order valence-corrected chi connectivity index (χ0v) is 41.5. The number of esters is 3. The summed E-state index contributed by atoms with van der Waals surface area (Å²) in [4.78, 5) is 38.0. The van der Waals surface area contributed by atoms with Crippen molar-refractivity contribution in [2.24, 2.45) is 0 Å². The van der Waals surface area contributed by atoms with E-state index in [1.165, 1.54) is 44.9 Å². The molecule has 0 rings (SSSR count). The molecule has 0 amide bonds. The molecule has 1 unspecified atom stereocenters. The van der Waals surface area contributed by atoms with Gasteiger partial charge in [0, 0.05) is 19.3 Å². The van der Waals surface area contributed by atoms with Gasteiger partial charge in [-0.05, 0) is 109 Å². The van der Waals surface area contributed by atoms with Gasteiger partial charge in [0.15, 0.2) is 6.10 Å². The highest BCUT2D eigenvalue weighted by Crippen LogP contribution is 2.14. The zero-order chi connectivity index (χ0) is 46.5. The maximum Gasteiger partial charge on any atom is 0.306 e. The van der Waals surface area contributed by atoms with E-state index in [0.717, 1.165) is 148 Å². The van der Waals surface area contributed by atoms with Crippen molar-refractivity contribution >= 4 is 17.9 Å². The number of carbonyl (C=O) groups is 3. The Morgan fingerprint density at radius 3 is 0.953 bits per heavy atom. The summed E-state index contributed by atoms with van der Waals surface area (Å²) in [5, 5.41) is 0. The average Bonchev–Trinajstić information content (AvgIpc) is 3.29. The van der Waals surface area contributed by atoms with Crippen LogP contribution in [0.25, 0.3) is 0 Å². The van der Waals surface area contributed by atoms with Crippen molar-refractivity contribution in [3.63, 3.8) is 0 Å². The molecule has 0 bridgehead atoms. The van der Waals surface area contributed by atoms with E-state index in [0.29, 0.717) is 19.3 Å². The first-order chi connectivity index (χ1) is 31.5. The first-order valence-electron chi connectivity index (χ1n) is 26.2. The highest BCUT2D eigenvalue weighted by Gasteiger charge is 2.19. The van der Waals surface area contributed by atoms with Gasteiger partial charge in [0.05, 0.1) is 0 Å². The van der Waals surface area contributed by atoms with Crippen LogP contribution < -0.4 is 0 Å². The molecule has 0 saturated carbocycles. The van der Waals surface area contributed by atoms with Crippen molar-refractivity contribution in [1.82, 2.24) is 0 Å². The number of rotatable bonds is 46. The van der Waals surface area contributed by atoms with E-state index in [1.54, 1.807) is 0 Å². The monoisotopic (exact) mass is 889 g/mol. The molecule has 0 aliphatic rings. The minimum Gasteiger partial charge on any atom is -0.462 e. The number of hydrogen-bond acceptors (Lipinski definition) is 6. The fourth-order valence-corrected chi connectivity index (χ4v) is 6.90. The van der Waals surface area contributed by atoms with E-state index in [2.05, 4.69) is 118 Å². The second-order valence-corrected chi connectivity index (χ2v) is 17.0. The number of ether oxygens (including phenoxy) is 3. The largest absolute Gasteiger partial charge is 0.462 e. The summed E-state index contributed by atoms with van der Waals surface area (Å²) in [7, 11) is 0. The van der Waals surface area contributed by atoms with E-state index >= 15 is 0 Å². The molecule has 64 heavy (non-hydrogen) atoms. The quantitative estimate of drug-likeness (QED) is 0.0262. The fourth-order valence-electron chi connectivity index (χ4n) is 6.90. The van der Waals surface area contributed by atoms with Gasteiger partial charge >= 0.3 is 17.9 Å². The molecule has 0 heterocycles. The number of carbonyl (C=O) groups excluding carboxylic acids is 3. The van der Waals surface area contributed by atoms with Crippen LogP contribution in [0.1, 0.15) is 233 Å². The second kappa shape index (κ2) is 52.0. The van der Waals surface area contributed by atoms with Crippen molar-refractivity contribution in [3.8, 4) is 0 Å². The van der Waals surface area contributed by atoms with Crippen LogP contribution in [0.2, 0.25) is 0 Å². The van der Waals surface area contributed by atoms with Crippen molar-refractivity contribution in [2.75, 3.05) is 13.2 Å². The fraction of sp³-hybridized carbons (Fsp3) is 0.672. The third kappa shape index (κ3) is 49.3. The molecule has 0 fully saturated rings. The highest BCUT2D eigenvalue weighted by atomic mass is 16.6. The van der Waals surface area contributed by atoms with Crippen molar-refractivity contribution in [3.05, 3.63) is 97.2 Å². The smallest absolute Gasteiger partial charge is 0.306 e. The summed E-state index contributed by atoms with van der Waals surface area (Å²) in [5.41, 5.74) is 0. The summed E-state index contributed by atoms with van der Waals surface area (Å²) in [6, 6.07) is 0. The molecule has 0 radical (unpaired) electrons. The van der Waals surface area contributed by atoms with Gasteiger partial charge in [-0.3, -0.25) is 14.4 Å². The maximum absolute atomic E-state index is 12.8. The number of hydrogen-bond donors (Lipinski definition) is 0. The number of allylic oxidation sites excluding steroid dienone is 16. The van der Waals surface area contributed by atoms with Crippen molar-refractivity contribution in [1.29, 1.82) is 0 Å². The van der Waals surface area contributed by atoms with Crippen LogP contribution in [0, 0.1) is 0 Å². The van der Waals surface area contributed by atoms with Crippen LogP contribution in [-0.2, 0) is 28.6 Å². The molecule has 0 aromatic rings. The van der Waals surface area contributed by atoms with Gasteiger partial charge in [0.2, 0.25) is 0 Å². The van der Waals surface area contributed by atoms with E-state index in [4.69, 9.17) is 14.2 Å². The lowest BCUT2D eigenvalue weighted by Crippen LogP contribution is -2.30. The lowest BCUT2D eigenvalue weighted by molar-refractivity contribution is -0.167. The third-order valence-electron chi connectivity index (χ3n) is 10.8. The van der Waals surface area contributed by atoms with Gasteiger partial charge < -0.3 is 14.2 Å². The summed E-state index contributed by atoms with van der Waals surface area (Å²) < 4.78 is 16.8. The maximum atomic E-state index is 12.8. The number of unbranched alkanes of at least 4 members (excludes halogenated alkanes) is 19. The molecular formula is C58H96O6. The lowest BCUT2D eigenvalue weighted by atomic mass is 10.1. The Labute approximate surface area is 394 Å². The van der Waals surface area contributed by atoms with Gasteiger partial charge in [-0.1, -0.05) is 201 Å². The SMILES string of the molecule is CC/C=C\C/C=C\C/C=C\CCCCCCCCCC(=O)OCC(COC(=O)CCCCCCC/C=C\C/C=C\CCCC)OC(=O)CCCCCCC/C=C\C/C=C\C/C=C\CC. The summed E-state index contributed by atoms with van der Waals surface area (Å²) >= 11 is 0. The predicted octanol–water partition coefficient (Wildman–Crippen LogP) is 17.4. The molecule has 364 valence electrons. The minimum absolute atomic E-state index is 0.0955. The van der Waals surface area contributed by atoms with Crippen LogP contribution >= 0.6 is 0 Å². The molecule has 6 heteroatoms. The Bertz CT molecular complexity index is 1300. The lowest BCUT2D eigenvalue weighted by Gasteiger charge is -2.18. The first-order valence-corrected chi connectivity index (χ1v) is 26.2. The van der Waals surface area contributed by atoms with Crippen molar-refractivity contribution < 1.29 is 28.6 Å². The van der Waals surface area contributed by atoms with Crippen LogP contribution in [0.4, 0.5) is 0 Å². The second-order valence-electron chi connectivity index (χ2n) is 17.0. The zero-order valence-electron chi connectivity index (χ0n) is 41.5. The summed E-state index contributed by atoms with van der Waals surface area (Å²) in [6.45, 7) is 6.33. The normalized spacial score (nSPS) is 12.9. The Morgan fingerprint density at radius 2 is 0.609 bits per heavy atom. The van der Waals surface area contributed by atoms with Gasteiger partial charge in [0.25, 0.3) is 0 Å². The van der Waals surface area contributed by atoms with E-state index in [9.17, 15) is 14.4 Å². The van der Waals surface area contributed by atoms with E-state index in [1.807, 2.05) is 0 Å². The molecule has 0 aromatic carbocycles. The van der Waals surface area contributed by atoms with E-state index in [-0.39, 0.29) is 31.1 Å². The Morgan fingerprint density at radius 1 is 0.328 bits per heavy atom. The molecule has 0 N–H and O–H groups in total. The van der Waals surface area contributed by atoms with E-state index < -0.39 is 6.10 Å². The topological polar surface area (TPSA) is 78.9 Å². The molecule has 0 aromatic heterocycles. The Balaban J connectivity index is 4.45. The molecule has 0 saturated heterocycles. The Hall–Kier alpha value is -3.67. The van der Waals surface area contributed by atoms with Gasteiger partial charge in [-0.25, -0.2) is 0 Å². The summed E-state index contributed by atoms with van der Waals surface area (Å²) in [5.74, 6) is -0.938. The Kier molecular flexibility index (Phi) is 49.0. The highest BCUT2D eigenvalue weighted by molar-refractivity contribution is 5.71. The third-order valence-corrected chi connectivity index (χ3v) is 10.8. The predicted molar refractivity (Wildman–Crippen MR) is 274 cm³/mol. The summed E-state index contributed by atoms with van der Waals surface area (Å²) in [6.07, 6.45) is 68.1. The van der Waals surface area contributed by atoms with Crippen molar-refractivity contribution in [2.45, 2.75) is 239 Å². The van der Waals surface area contributed by atoms with Crippen LogP contribution in [0.5, 0.6) is 0 Å². The van der Waals surface area contributed by atoms with Crippen LogP contribution in [0.3, 0.4) is 0 Å². The molecule has 0 aliphatic carbocycles. The molecule has 1 atom stereocenters. The van der Waals surface area contributed by atoms with Crippen LogP contribution in [-0.4, -0.2) is 37.2 Å².